The maximum Gasteiger partial charge on any atom is 0.244 e. The lowest BCUT2D eigenvalue weighted by molar-refractivity contribution is -0.132. The first-order valence-electron chi connectivity index (χ1n) is 3.93. The van der Waals surface area contributed by atoms with Crippen LogP contribution >= 0.6 is 11.8 Å². The molecule has 1 saturated heterocycles. The van der Waals surface area contributed by atoms with E-state index in [-0.39, 0.29) is 6.10 Å². The van der Waals surface area contributed by atoms with Crippen molar-refractivity contribution in [3.05, 3.63) is 35.4 Å². The number of rotatable bonds is 0. The van der Waals surface area contributed by atoms with Crippen LogP contribution in [0.15, 0.2) is 24.3 Å². The molecule has 2 unspecified atom stereocenters. The van der Waals surface area contributed by atoms with Gasteiger partial charge in [0.15, 0.2) is 0 Å². The van der Waals surface area contributed by atoms with E-state index < -0.39 is 5.12 Å². The molecule has 2 atom stereocenters. The maximum absolute atomic E-state index is 9.93. The molecule has 0 aliphatic carbocycles. The summed E-state index contributed by atoms with van der Waals surface area (Å²) in [5, 5.41) is 8.89. The van der Waals surface area contributed by atoms with E-state index in [4.69, 9.17) is 4.74 Å². The first kappa shape index (κ1) is 6.95. The van der Waals surface area contributed by atoms with Crippen LogP contribution in [-0.2, 0) is 9.86 Å². The summed E-state index contributed by atoms with van der Waals surface area (Å²) >= 11 is 1.47. The van der Waals surface area contributed by atoms with Crippen LogP contribution in [0.4, 0.5) is 0 Å². The fourth-order valence-electron chi connectivity index (χ4n) is 1.81. The Hall–Kier alpha value is -0.510. The smallest absolute Gasteiger partial charge is 0.244 e. The van der Waals surface area contributed by atoms with Crippen LogP contribution in [0.25, 0.3) is 0 Å². The lowest BCUT2D eigenvalue weighted by Gasteiger charge is -2.17. The summed E-state index contributed by atoms with van der Waals surface area (Å²) in [7, 11) is 0. The molecule has 2 aliphatic heterocycles. The van der Waals surface area contributed by atoms with Crippen molar-refractivity contribution in [2.75, 3.05) is 5.75 Å². The minimum atomic E-state index is -1.04. The highest BCUT2D eigenvalue weighted by Crippen LogP contribution is 2.56. The predicted octanol–water partition coefficient (Wildman–Crippen LogP) is 1.61. The van der Waals surface area contributed by atoms with Gasteiger partial charge in [-0.15, -0.1) is 0 Å². The molecule has 0 spiro atoms. The first-order valence-corrected chi connectivity index (χ1v) is 4.92. The van der Waals surface area contributed by atoms with E-state index in [1.165, 1.54) is 11.8 Å². The van der Waals surface area contributed by atoms with Crippen LogP contribution in [0.5, 0.6) is 0 Å². The van der Waals surface area contributed by atoms with Crippen molar-refractivity contribution >= 4 is 11.8 Å². The fraction of sp³-hybridized carbons (Fsp3) is 0.333. The van der Waals surface area contributed by atoms with Crippen molar-refractivity contribution in [3.8, 4) is 0 Å². The highest BCUT2D eigenvalue weighted by atomic mass is 32.2. The molecule has 2 bridgehead atoms. The Morgan fingerprint density at radius 3 is 3.17 bits per heavy atom. The number of hydrogen-bond acceptors (Lipinski definition) is 3. The monoisotopic (exact) mass is 180 g/mol. The standard InChI is InChI=1S/C9H8O2S/c10-9-7-4-2-1-3-6(7)8(11-9)5-12-9/h1-4,8,10H,5H2. The molecule has 3 rings (SSSR count). The molecule has 1 aromatic carbocycles. The van der Waals surface area contributed by atoms with Gasteiger partial charge in [0, 0.05) is 11.3 Å². The lowest BCUT2D eigenvalue weighted by Crippen LogP contribution is -2.16. The Morgan fingerprint density at radius 1 is 1.50 bits per heavy atom. The summed E-state index contributed by atoms with van der Waals surface area (Å²) in [6, 6.07) is 7.87. The van der Waals surface area contributed by atoms with Gasteiger partial charge in [-0.25, -0.2) is 0 Å². The molecule has 1 aromatic rings. The normalized spacial score (nSPS) is 36.9. The molecule has 3 heteroatoms. The van der Waals surface area contributed by atoms with E-state index >= 15 is 0 Å². The van der Waals surface area contributed by atoms with Gasteiger partial charge in [0.25, 0.3) is 0 Å². The largest absolute Gasteiger partial charge is 0.353 e. The van der Waals surface area contributed by atoms with Crippen molar-refractivity contribution in [3.63, 3.8) is 0 Å². The summed E-state index contributed by atoms with van der Waals surface area (Å²) in [4.78, 5) is 0. The van der Waals surface area contributed by atoms with Gasteiger partial charge < -0.3 is 9.84 Å². The molecule has 0 radical (unpaired) electrons. The number of fused-ring (bicyclic) bond motifs is 5. The van der Waals surface area contributed by atoms with Crippen molar-refractivity contribution in [1.29, 1.82) is 0 Å². The number of hydrogen-bond donors (Lipinski definition) is 1. The van der Waals surface area contributed by atoms with Gasteiger partial charge in [-0.2, -0.15) is 0 Å². The van der Waals surface area contributed by atoms with E-state index in [2.05, 4.69) is 0 Å². The van der Waals surface area contributed by atoms with Gasteiger partial charge in [0.2, 0.25) is 5.12 Å². The predicted molar refractivity (Wildman–Crippen MR) is 46.6 cm³/mol. The number of ether oxygens (including phenoxy) is 1. The Labute approximate surface area is 74.5 Å². The third-order valence-corrected chi connectivity index (χ3v) is 3.56. The summed E-state index contributed by atoms with van der Waals surface area (Å²) < 4.78 is 5.45. The molecule has 0 aromatic heterocycles. The summed E-state index contributed by atoms with van der Waals surface area (Å²) in [6.07, 6.45) is 0.108. The second-order valence-corrected chi connectivity index (χ2v) is 4.26. The molecular formula is C9H8O2S. The van der Waals surface area contributed by atoms with E-state index in [1.807, 2.05) is 24.3 Å². The lowest BCUT2D eigenvalue weighted by atomic mass is 10.1. The second kappa shape index (κ2) is 2.05. The summed E-state index contributed by atoms with van der Waals surface area (Å²) in [5.74, 6) is 0.869. The molecule has 2 aliphatic rings. The van der Waals surface area contributed by atoms with Crippen LogP contribution in [0.3, 0.4) is 0 Å². The minimum Gasteiger partial charge on any atom is -0.353 e. The summed E-state index contributed by atoms with van der Waals surface area (Å²) in [6.45, 7) is 0. The quantitative estimate of drug-likeness (QED) is 0.657. The molecule has 1 fully saturated rings. The zero-order valence-corrected chi connectivity index (χ0v) is 7.17. The Morgan fingerprint density at radius 2 is 2.33 bits per heavy atom. The van der Waals surface area contributed by atoms with E-state index in [9.17, 15) is 5.11 Å². The topological polar surface area (TPSA) is 29.5 Å². The highest BCUT2D eigenvalue weighted by molar-refractivity contribution is 8.00. The van der Waals surface area contributed by atoms with Crippen LogP contribution < -0.4 is 0 Å². The van der Waals surface area contributed by atoms with Crippen molar-refractivity contribution in [1.82, 2.24) is 0 Å². The van der Waals surface area contributed by atoms with Crippen molar-refractivity contribution < 1.29 is 9.84 Å². The highest BCUT2D eigenvalue weighted by Gasteiger charge is 2.50. The molecule has 62 valence electrons. The fourth-order valence-corrected chi connectivity index (χ4v) is 2.96. The number of aliphatic hydroxyl groups is 1. The number of benzene rings is 1. The average Bonchev–Trinajstić information content (AvgIpc) is 2.60. The first-order chi connectivity index (χ1) is 5.80. The van der Waals surface area contributed by atoms with Gasteiger partial charge in [-0.1, -0.05) is 36.0 Å². The zero-order chi connectivity index (χ0) is 8.18. The third kappa shape index (κ3) is 0.690. The van der Waals surface area contributed by atoms with Crippen LogP contribution in [0.1, 0.15) is 17.2 Å². The second-order valence-electron chi connectivity index (χ2n) is 3.09. The minimum absolute atomic E-state index is 0.108. The molecular weight excluding hydrogens is 172 g/mol. The van der Waals surface area contributed by atoms with Gasteiger partial charge in [-0.05, 0) is 5.56 Å². The Bertz CT molecular complexity index is 339. The Balaban J connectivity index is 2.27. The molecule has 2 nitrogen and oxygen atoms in total. The van der Waals surface area contributed by atoms with Gasteiger partial charge in [0.05, 0.1) is 6.10 Å². The van der Waals surface area contributed by atoms with Gasteiger partial charge in [0.1, 0.15) is 0 Å². The molecule has 0 saturated carbocycles. The van der Waals surface area contributed by atoms with Crippen molar-refractivity contribution in [2.45, 2.75) is 11.2 Å². The van der Waals surface area contributed by atoms with Gasteiger partial charge in [-0.3, -0.25) is 0 Å². The van der Waals surface area contributed by atoms with E-state index in [0.29, 0.717) is 0 Å². The molecule has 1 N–H and O–H groups in total. The number of thioether (sulfide) groups is 1. The van der Waals surface area contributed by atoms with Crippen LogP contribution in [0, 0.1) is 0 Å². The maximum atomic E-state index is 9.93. The molecule has 2 heterocycles. The summed E-state index contributed by atoms with van der Waals surface area (Å²) in [5.41, 5.74) is 2.09. The zero-order valence-electron chi connectivity index (χ0n) is 6.36. The SMILES string of the molecule is OC12OC(CS1)c1ccccc12. The van der Waals surface area contributed by atoms with Crippen LogP contribution in [-0.4, -0.2) is 10.9 Å². The van der Waals surface area contributed by atoms with Crippen molar-refractivity contribution in [2.24, 2.45) is 0 Å². The molecule has 12 heavy (non-hydrogen) atoms. The Kier molecular flexibility index (Phi) is 1.18. The van der Waals surface area contributed by atoms with Gasteiger partial charge >= 0.3 is 0 Å². The average molecular weight is 180 g/mol. The molecule has 0 amide bonds. The third-order valence-electron chi connectivity index (χ3n) is 2.38. The van der Waals surface area contributed by atoms with Crippen LogP contribution in [0.2, 0.25) is 0 Å². The van der Waals surface area contributed by atoms with E-state index in [1.54, 1.807) is 0 Å². The van der Waals surface area contributed by atoms with E-state index in [0.717, 1.165) is 16.9 Å².